The van der Waals surface area contributed by atoms with Crippen molar-refractivity contribution in [1.82, 2.24) is 9.78 Å². The molecule has 90 valence electrons. The Labute approximate surface area is 100 Å². The molecule has 0 aliphatic rings. The minimum absolute atomic E-state index is 0.264. The summed E-state index contributed by atoms with van der Waals surface area (Å²) in [4.78, 5) is 0. The fraction of sp³-hybridized carbons (Fsp3) is 0.308. The minimum Gasteiger partial charge on any atom is -0.321 e. The molecule has 0 aliphatic heterocycles. The van der Waals surface area contributed by atoms with Crippen LogP contribution in [0.15, 0.2) is 36.5 Å². The molecule has 1 aromatic carbocycles. The molecule has 0 bridgehead atoms. The van der Waals surface area contributed by atoms with E-state index in [1.165, 1.54) is 12.1 Å². The van der Waals surface area contributed by atoms with Crippen LogP contribution in [0.2, 0.25) is 0 Å². The molecule has 2 N–H and O–H groups in total. The van der Waals surface area contributed by atoms with E-state index < -0.39 is 5.54 Å². The van der Waals surface area contributed by atoms with Gasteiger partial charge < -0.3 is 5.73 Å². The Kier molecular flexibility index (Phi) is 2.98. The highest BCUT2D eigenvalue weighted by atomic mass is 19.1. The fourth-order valence-corrected chi connectivity index (χ4v) is 1.88. The van der Waals surface area contributed by atoms with E-state index in [2.05, 4.69) is 5.10 Å². The molecule has 0 fully saturated rings. The molecule has 0 saturated carbocycles. The first kappa shape index (κ1) is 11.8. The number of aromatic nitrogens is 2. The first-order valence-electron chi connectivity index (χ1n) is 5.51. The molecule has 0 amide bonds. The topological polar surface area (TPSA) is 43.8 Å². The van der Waals surface area contributed by atoms with Crippen LogP contribution in [0.4, 0.5) is 4.39 Å². The van der Waals surface area contributed by atoms with Gasteiger partial charge in [-0.05, 0) is 30.7 Å². The average Bonchev–Trinajstić information content (AvgIpc) is 2.63. The Morgan fingerprint density at radius 3 is 2.76 bits per heavy atom. The Bertz CT molecular complexity index is 517. The third-order valence-electron chi connectivity index (χ3n) is 2.80. The number of halogens is 1. The monoisotopic (exact) mass is 233 g/mol. The number of nitrogens with zero attached hydrogens (tertiary/aromatic N) is 2. The lowest BCUT2D eigenvalue weighted by atomic mass is 9.88. The van der Waals surface area contributed by atoms with Crippen LogP contribution in [0, 0.1) is 5.82 Å². The smallest absolute Gasteiger partial charge is 0.123 e. The molecule has 1 unspecified atom stereocenters. The van der Waals surface area contributed by atoms with E-state index in [4.69, 9.17) is 5.73 Å². The van der Waals surface area contributed by atoms with Crippen LogP contribution in [-0.4, -0.2) is 9.78 Å². The van der Waals surface area contributed by atoms with Gasteiger partial charge in [-0.25, -0.2) is 4.39 Å². The average molecular weight is 233 g/mol. The van der Waals surface area contributed by atoms with Crippen molar-refractivity contribution in [3.63, 3.8) is 0 Å². The van der Waals surface area contributed by atoms with E-state index in [1.807, 2.05) is 32.3 Å². The zero-order valence-corrected chi connectivity index (χ0v) is 10.0. The van der Waals surface area contributed by atoms with Crippen molar-refractivity contribution in [1.29, 1.82) is 0 Å². The van der Waals surface area contributed by atoms with Crippen LogP contribution in [0.5, 0.6) is 0 Å². The van der Waals surface area contributed by atoms with E-state index in [0.29, 0.717) is 6.42 Å². The zero-order chi connectivity index (χ0) is 12.5. The molecule has 1 aromatic heterocycles. The third kappa shape index (κ3) is 2.71. The second-order valence-corrected chi connectivity index (χ2v) is 4.59. The van der Waals surface area contributed by atoms with Crippen molar-refractivity contribution in [2.24, 2.45) is 12.8 Å². The largest absolute Gasteiger partial charge is 0.321 e. The van der Waals surface area contributed by atoms with Crippen LogP contribution in [0.25, 0.3) is 0 Å². The number of hydrogen-bond donors (Lipinski definition) is 1. The molecule has 2 aromatic rings. The summed E-state index contributed by atoms with van der Waals surface area (Å²) in [6.45, 7) is 1.89. The van der Waals surface area contributed by atoms with Crippen molar-refractivity contribution in [3.05, 3.63) is 53.6 Å². The predicted octanol–water partition coefficient (Wildman–Crippen LogP) is 1.98. The third-order valence-corrected chi connectivity index (χ3v) is 2.80. The van der Waals surface area contributed by atoms with Crippen molar-refractivity contribution < 1.29 is 4.39 Å². The number of nitrogens with two attached hydrogens (primary N) is 1. The van der Waals surface area contributed by atoms with E-state index >= 15 is 0 Å². The molecule has 4 heteroatoms. The van der Waals surface area contributed by atoms with Gasteiger partial charge in [0.25, 0.3) is 0 Å². The molecule has 0 radical (unpaired) electrons. The van der Waals surface area contributed by atoms with Gasteiger partial charge in [-0.15, -0.1) is 0 Å². The fourth-order valence-electron chi connectivity index (χ4n) is 1.88. The number of hydrogen-bond acceptors (Lipinski definition) is 2. The first-order valence-corrected chi connectivity index (χ1v) is 5.51. The van der Waals surface area contributed by atoms with Gasteiger partial charge in [-0.3, -0.25) is 4.68 Å². The van der Waals surface area contributed by atoms with Gasteiger partial charge >= 0.3 is 0 Å². The highest BCUT2D eigenvalue weighted by Gasteiger charge is 2.23. The summed E-state index contributed by atoms with van der Waals surface area (Å²) in [6.07, 6.45) is 2.45. The number of rotatable bonds is 3. The van der Waals surface area contributed by atoms with Gasteiger partial charge in [0.2, 0.25) is 0 Å². The Morgan fingerprint density at radius 2 is 2.18 bits per heavy atom. The maximum Gasteiger partial charge on any atom is 0.123 e. The molecular formula is C13H16FN3. The Morgan fingerprint density at radius 1 is 1.41 bits per heavy atom. The lowest BCUT2D eigenvalue weighted by Crippen LogP contribution is -2.35. The summed E-state index contributed by atoms with van der Waals surface area (Å²) in [5, 5.41) is 4.29. The molecular weight excluding hydrogens is 217 g/mol. The van der Waals surface area contributed by atoms with E-state index in [1.54, 1.807) is 10.7 Å². The van der Waals surface area contributed by atoms with Crippen molar-refractivity contribution >= 4 is 0 Å². The first-order chi connectivity index (χ1) is 7.97. The van der Waals surface area contributed by atoms with Crippen LogP contribution in [0.1, 0.15) is 18.2 Å². The van der Waals surface area contributed by atoms with Crippen LogP contribution >= 0.6 is 0 Å². The summed E-state index contributed by atoms with van der Waals surface area (Å²) < 4.78 is 14.9. The minimum atomic E-state index is -0.615. The number of benzene rings is 1. The molecule has 3 nitrogen and oxygen atoms in total. The standard InChI is InChI=1S/C13H16FN3/c1-13(15,9-12-6-7-17(2)16-12)10-4-3-5-11(14)8-10/h3-8H,9,15H2,1-2H3. The Balaban J connectivity index is 2.24. The summed E-state index contributed by atoms with van der Waals surface area (Å²) in [5.74, 6) is -0.264. The summed E-state index contributed by atoms with van der Waals surface area (Å²) >= 11 is 0. The number of aryl methyl sites for hydroxylation is 1. The molecule has 17 heavy (non-hydrogen) atoms. The SMILES string of the molecule is Cn1ccc(CC(C)(N)c2cccc(F)c2)n1. The highest BCUT2D eigenvalue weighted by molar-refractivity contribution is 5.26. The molecule has 1 atom stereocenters. The van der Waals surface area contributed by atoms with Crippen LogP contribution in [0.3, 0.4) is 0 Å². The summed E-state index contributed by atoms with van der Waals surface area (Å²) in [5.41, 5.74) is 7.30. The maximum absolute atomic E-state index is 13.2. The van der Waals surface area contributed by atoms with Gasteiger partial charge in [0.15, 0.2) is 0 Å². The van der Waals surface area contributed by atoms with E-state index in [-0.39, 0.29) is 5.82 Å². The van der Waals surface area contributed by atoms with Crippen molar-refractivity contribution in [2.45, 2.75) is 18.9 Å². The zero-order valence-electron chi connectivity index (χ0n) is 10.0. The lowest BCUT2D eigenvalue weighted by Gasteiger charge is -2.24. The predicted molar refractivity (Wildman–Crippen MR) is 64.9 cm³/mol. The van der Waals surface area contributed by atoms with Gasteiger partial charge in [-0.1, -0.05) is 12.1 Å². The molecule has 0 spiro atoms. The maximum atomic E-state index is 13.2. The van der Waals surface area contributed by atoms with E-state index in [9.17, 15) is 4.39 Å². The van der Waals surface area contributed by atoms with Gasteiger partial charge in [0.05, 0.1) is 5.69 Å². The van der Waals surface area contributed by atoms with Gasteiger partial charge in [-0.2, -0.15) is 5.10 Å². The summed E-state index contributed by atoms with van der Waals surface area (Å²) in [6, 6.07) is 8.33. The van der Waals surface area contributed by atoms with Crippen molar-refractivity contribution in [3.8, 4) is 0 Å². The molecule has 1 heterocycles. The second-order valence-electron chi connectivity index (χ2n) is 4.59. The van der Waals surface area contributed by atoms with Gasteiger partial charge in [0, 0.05) is 25.2 Å². The molecule has 2 rings (SSSR count). The molecule has 0 aliphatic carbocycles. The highest BCUT2D eigenvalue weighted by Crippen LogP contribution is 2.22. The molecule has 0 saturated heterocycles. The van der Waals surface area contributed by atoms with Crippen molar-refractivity contribution in [2.75, 3.05) is 0 Å². The van der Waals surface area contributed by atoms with Gasteiger partial charge in [0.1, 0.15) is 5.82 Å². The van der Waals surface area contributed by atoms with E-state index in [0.717, 1.165) is 11.3 Å². The van der Waals surface area contributed by atoms with Crippen LogP contribution in [-0.2, 0) is 19.0 Å². The quantitative estimate of drug-likeness (QED) is 0.881. The second kappa shape index (κ2) is 4.30. The summed E-state index contributed by atoms with van der Waals surface area (Å²) in [7, 11) is 1.86. The lowest BCUT2D eigenvalue weighted by molar-refractivity contribution is 0.477. The van der Waals surface area contributed by atoms with Crippen LogP contribution < -0.4 is 5.73 Å². The normalized spacial score (nSPS) is 14.6. The Hall–Kier alpha value is -1.68.